The number of ether oxygens (including phenoxy) is 1. The Hall–Kier alpha value is -1.26. The van der Waals surface area contributed by atoms with Gasteiger partial charge in [0.05, 0.1) is 6.61 Å². The van der Waals surface area contributed by atoms with Crippen molar-refractivity contribution in [3.05, 3.63) is 23.4 Å². The summed E-state index contributed by atoms with van der Waals surface area (Å²) in [6.07, 6.45) is -4.44. The molecule has 0 aliphatic carbocycles. The van der Waals surface area contributed by atoms with Gasteiger partial charge in [-0.15, -0.1) is 0 Å². The Morgan fingerprint density at radius 2 is 1.76 bits per heavy atom. The van der Waals surface area contributed by atoms with E-state index in [1.165, 1.54) is 6.07 Å². The first-order valence-electron chi connectivity index (χ1n) is 5.27. The second kappa shape index (κ2) is 4.55. The molecular formula is C12H16F3NO. The van der Waals surface area contributed by atoms with Crippen LogP contribution in [0.5, 0.6) is 5.88 Å². The maximum atomic E-state index is 12.5. The molecule has 0 fully saturated rings. The average molecular weight is 247 g/mol. The molecule has 1 aromatic heterocycles. The normalized spacial score (nSPS) is 12.6. The highest BCUT2D eigenvalue weighted by Crippen LogP contribution is 2.30. The zero-order valence-electron chi connectivity index (χ0n) is 10.4. The first-order chi connectivity index (χ1) is 7.58. The Morgan fingerprint density at radius 1 is 1.18 bits per heavy atom. The summed E-state index contributed by atoms with van der Waals surface area (Å²) in [6, 6.07) is 2.50. The number of aromatic nitrogens is 1. The lowest BCUT2D eigenvalue weighted by Gasteiger charge is -2.19. The van der Waals surface area contributed by atoms with Crippen molar-refractivity contribution in [1.82, 2.24) is 4.98 Å². The molecule has 1 rings (SSSR count). The first-order valence-corrected chi connectivity index (χ1v) is 5.27. The van der Waals surface area contributed by atoms with Gasteiger partial charge in [-0.1, -0.05) is 20.8 Å². The quantitative estimate of drug-likeness (QED) is 0.792. The third-order valence-electron chi connectivity index (χ3n) is 1.89. The molecule has 0 bridgehead atoms. The van der Waals surface area contributed by atoms with Crippen molar-refractivity contribution < 1.29 is 17.9 Å². The van der Waals surface area contributed by atoms with Gasteiger partial charge in [-0.25, -0.2) is 4.98 Å². The van der Waals surface area contributed by atoms with Crippen LogP contribution in [0.15, 0.2) is 12.1 Å². The molecule has 0 aromatic carbocycles. The molecule has 0 unspecified atom stereocenters. The van der Waals surface area contributed by atoms with E-state index >= 15 is 0 Å². The summed E-state index contributed by atoms with van der Waals surface area (Å²) in [4.78, 5) is 3.46. The molecule has 1 aromatic rings. The Bertz CT molecular complexity index is 394. The lowest BCUT2D eigenvalue weighted by molar-refractivity contribution is -0.141. The van der Waals surface area contributed by atoms with E-state index < -0.39 is 11.9 Å². The minimum Gasteiger partial charge on any atom is -0.477 e. The van der Waals surface area contributed by atoms with E-state index in [2.05, 4.69) is 4.98 Å². The Kier molecular flexibility index (Phi) is 3.69. The Labute approximate surface area is 98.8 Å². The predicted octanol–water partition coefficient (Wildman–Crippen LogP) is 3.83. The third-order valence-corrected chi connectivity index (χ3v) is 1.89. The molecule has 0 radical (unpaired) electrons. The van der Waals surface area contributed by atoms with Crippen molar-refractivity contribution in [3.8, 4) is 5.88 Å². The van der Waals surface area contributed by atoms with Crippen molar-refractivity contribution in [3.63, 3.8) is 0 Å². The lowest BCUT2D eigenvalue weighted by Crippen LogP contribution is -2.18. The number of alkyl halides is 3. The smallest absolute Gasteiger partial charge is 0.433 e. The molecule has 0 saturated heterocycles. The monoisotopic (exact) mass is 247 g/mol. The van der Waals surface area contributed by atoms with Gasteiger partial charge in [-0.2, -0.15) is 13.2 Å². The maximum absolute atomic E-state index is 12.5. The van der Waals surface area contributed by atoms with Gasteiger partial charge in [0, 0.05) is 6.07 Å². The van der Waals surface area contributed by atoms with Crippen LogP contribution in [0.3, 0.4) is 0 Å². The summed E-state index contributed by atoms with van der Waals surface area (Å²) in [5, 5.41) is 0. The van der Waals surface area contributed by atoms with Gasteiger partial charge in [-0.3, -0.25) is 0 Å². The van der Waals surface area contributed by atoms with Crippen molar-refractivity contribution >= 4 is 0 Å². The van der Waals surface area contributed by atoms with E-state index in [1.54, 1.807) is 6.92 Å². The molecule has 0 saturated carbocycles. The highest BCUT2D eigenvalue weighted by molar-refractivity contribution is 5.25. The van der Waals surface area contributed by atoms with Crippen LogP contribution >= 0.6 is 0 Å². The zero-order valence-corrected chi connectivity index (χ0v) is 10.4. The molecule has 0 N–H and O–H groups in total. The molecule has 2 nitrogen and oxygen atoms in total. The molecule has 5 heteroatoms. The molecule has 0 amide bonds. The van der Waals surface area contributed by atoms with E-state index in [1.807, 2.05) is 20.8 Å². The van der Waals surface area contributed by atoms with E-state index in [9.17, 15) is 13.2 Å². The lowest BCUT2D eigenvalue weighted by atomic mass is 9.99. The van der Waals surface area contributed by atoms with E-state index in [0.29, 0.717) is 12.2 Å². The summed E-state index contributed by atoms with van der Waals surface area (Å²) < 4.78 is 42.8. The molecule has 0 aliphatic rings. The van der Waals surface area contributed by atoms with E-state index in [4.69, 9.17) is 4.74 Å². The van der Waals surface area contributed by atoms with Crippen LogP contribution in [0.1, 0.15) is 32.0 Å². The molecule has 17 heavy (non-hydrogen) atoms. The van der Waals surface area contributed by atoms with Gasteiger partial charge in [0.15, 0.2) is 0 Å². The van der Waals surface area contributed by atoms with Crippen LogP contribution in [-0.4, -0.2) is 11.6 Å². The second-order valence-electron chi connectivity index (χ2n) is 5.22. The van der Waals surface area contributed by atoms with Gasteiger partial charge < -0.3 is 4.74 Å². The summed E-state index contributed by atoms with van der Waals surface area (Å²) in [6.45, 7) is 7.72. The van der Waals surface area contributed by atoms with E-state index in [0.717, 1.165) is 6.07 Å². The summed E-state index contributed by atoms with van der Waals surface area (Å²) in [5.41, 5.74) is -0.554. The van der Waals surface area contributed by atoms with Crippen molar-refractivity contribution in [2.75, 3.05) is 6.61 Å². The minimum absolute atomic E-state index is 0.0206. The van der Waals surface area contributed by atoms with Crippen molar-refractivity contribution in [1.29, 1.82) is 0 Å². The number of halogens is 3. The first kappa shape index (κ1) is 13.8. The maximum Gasteiger partial charge on any atom is 0.433 e. The van der Waals surface area contributed by atoms with Crippen LogP contribution in [0.2, 0.25) is 0 Å². The number of nitrogens with zero attached hydrogens (tertiary/aromatic N) is 1. The van der Waals surface area contributed by atoms with E-state index in [-0.39, 0.29) is 11.3 Å². The van der Waals surface area contributed by atoms with Gasteiger partial charge in [0.25, 0.3) is 0 Å². The van der Waals surface area contributed by atoms with Crippen molar-refractivity contribution in [2.45, 2.75) is 33.9 Å². The van der Waals surface area contributed by atoms with Crippen LogP contribution < -0.4 is 4.74 Å². The number of pyridine rings is 1. The molecule has 0 aliphatic heterocycles. The van der Waals surface area contributed by atoms with Crippen LogP contribution in [0, 0.1) is 12.3 Å². The Balaban J connectivity index is 2.91. The third kappa shape index (κ3) is 4.63. The fraction of sp³-hybridized carbons (Fsp3) is 0.583. The predicted molar refractivity (Wildman–Crippen MR) is 58.9 cm³/mol. The van der Waals surface area contributed by atoms with Gasteiger partial charge in [-0.05, 0) is 24.0 Å². The minimum atomic E-state index is -4.44. The fourth-order valence-corrected chi connectivity index (χ4v) is 1.14. The molecule has 0 atom stereocenters. The largest absolute Gasteiger partial charge is 0.477 e. The number of rotatable bonds is 2. The molecule has 96 valence electrons. The topological polar surface area (TPSA) is 22.1 Å². The second-order valence-corrected chi connectivity index (χ2v) is 5.22. The molecule has 1 heterocycles. The average Bonchev–Trinajstić information content (AvgIpc) is 2.11. The highest BCUT2D eigenvalue weighted by Gasteiger charge is 2.33. The van der Waals surface area contributed by atoms with Crippen LogP contribution in [-0.2, 0) is 6.18 Å². The summed E-state index contributed by atoms with van der Waals surface area (Å²) in [7, 11) is 0. The SMILES string of the molecule is Cc1cc(OCC(C)(C)C)nc(C(F)(F)F)c1. The number of hydrogen-bond donors (Lipinski definition) is 0. The molecular weight excluding hydrogens is 231 g/mol. The van der Waals surface area contributed by atoms with Gasteiger partial charge >= 0.3 is 6.18 Å². The van der Waals surface area contributed by atoms with Crippen LogP contribution in [0.4, 0.5) is 13.2 Å². The van der Waals surface area contributed by atoms with Gasteiger partial charge in [0.1, 0.15) is 5.69 Å². The highest BCUT2D eigenvalue weighted by atomic mass is 19.4. The fourth-order valence-electron chi connectivity index (χ4n) is 1.14. The van der Waals surface area contributed by atoms with Crippen molar-refractivity contribution in [2.24, 2.45) is 5.41 Å². The molecule has 0 spiro atoms. The summed E-state index contributed by atoms with van der Waals surface area (Å²) >= 11 is 0. The zero-order chi connectivity index (χ0) is 13.3. The Morgan fingerprint density at radius 3 is 2.24 bits per heavy atom. The standard InChI is InChI=1S/C12H16F3NO/c1-8-5-9(12(13,14)15)16-10(6-8)17-7-11(2,3)4/h5-6H,7H2,1-4H3. The summed E-state index contributed by atoms with van der Waals surface area (Å²) in [5.74, 6) is 0.0206. The van der Waals surface area contributed by atoms with Crippen LogP contribution in [0.25, 0.3) is 0 Å². The number of aryl methyl sites for hydroxylation is 1. The van der Waals surface area contributed by atoms with Gasteiger partial charge in [0.2, 0.25) is 5.88 Å². The number of hydrogen-bond acceptors (Lipinski definition) is 2.